The van der Waals surface area contributed by atoms with Crippen LogP contribution in [0.2, 0.25) is 0 Å². The Kier molecular flexibility index (Phi) is 6.28. The molecule has 0 atom stereocenters. The second kappa shape index (κ2) is 9.05. The lowest BCUT2D eigenvalue weighted by Crippen LogP contribution is -2.49. The number of rotatable bonds is 6. The first-order valence-corrected chi connectivity index (χ1v) is 9.06. The van der Waals surface area contributed by atoms with E-state index < -0.39 is 10.9 Å². The molecule has 0 saturated carbocycles. The third-order valence-corrected chi connectivity index (χ3v) is 4.71. The van der Waals surface area contributed by atoms with Crippen molar-refractivity contribution >= 4 is 23.3 Å². The SMILES string of the molecule is COc1ccc(N2CCN(C(=O)COC(=O)c3ccc([N+](=O)[O-])cc3)CC2)cc1. The molecule has 1 amide bonds. The summed E-state index contributed by atoms with van der Waals surface area (Å²) in [5.74, 6) is -0.169. The van der Waals surface area contributed by atoms with Crippen LogP contribution in [0, 0.1) is 10.1 Å². The Hall–Kier alpha value is -3.62. The van der Waals surface area contributed by atoms with E-state index in [1.54, 1.807) is 12.0 Å². The van der Waals surface area contributed by atoms with E-state index in [0.717, 1.165) is 11.4 Å². The zero-order chi connectivity index (χ0) is 20.8. The van der Waals surface area contributed by atoms with Crippen LogP contribution in [-0.4, -0.2) is 61.6 Å². The summed E-state index contributed by atoms with van der Waals surface area (Å²) in [5, 5.41) is 10.6. The zero-order valence-electron chi connectivity index (χ0n) is 15.9. The number of hydrogen-bond donors (Lipinski definition) is 0. The first-order valence-electron chi connectivity index (χ1n) is 9.06. The summed E-state index contributed by atoms with van der Waals surface area (Å²) in [6.07, 6.45) is 0. The van der Waals surface area contributed by atoms with Gasteiger partial charge in [0, 0.05) is 44.0 Å². The van der Waals surface area contributed by atoms with Crippen molar-refractivity contribution in [3.05, 3.63) is 64.2 Å². The number of hydrogen-bond acceptors (Lipinski definition) is 7. The fourth-order valence-corrected chi connectivity index (χ4v) is 3.03. The van der Waals surface area contributed by atoms with Crippen LogP contribution in [0.15, 0.2) is 48.5 Å². The number of nitro groups is 1. The van der Waals surface area contributed by atoms with Gasteiger partial charge in [0.05, 0.1) is 17.6 Å². The Morgan fingerprint density at radius 2 is 1.62 bits per heavy atom. The summed E-state index contributed by atoms with van der Waals surface area (Å²) in [6, 6.07) is 12.8. The Balaban J connectivity index is 1.46. The van der Waals surface area contributed by atoms with E-state index in [1.807, 2.05) is 24.3 Å². The minimum absolute atomic E-state index is 0.118. The Labute approximate surface area is 167 Å². The van der Waals surface area contributed by atoms with Gasteiger partial charge in [0.15, 0.2) is 6.61 Å². The van der Waals surface area contributed by atoms with Crippen molar-refractivity contribution in [3.8, 4) is 5.75 Å². The monoisotopic (exact) mass is 399 g/mol. The second-order valence-electron chi connectivity index (χ2n) is 6.45. The lowest BCUT2D eigenvalue weighted by atomic mass is 10.2. The van der Waals surface area contributed by atoms with E-state index in [9.17, 15) is 19.7 Å². The van der Waals surface area contributed by atoms with Crippen LogP contribution in [0.25, 0.3) is 0 Å². The van der Waals surface area contributed by atoms with Crippen LogP contribution in [0.4, 0.5) is 11.4 Å². The largest absolute Gasteiger partial charge is 0.497 e. The molecule has 9 nitrogen and oxygen atoms in total. The fraction of sp³-hybridized carbons (Fsp3) is 0.300. The minimum Gasteiger partial charge on any atom is -0.497 e. The number of anilines is 1. The van der Waals surface area contributed by atoms with Gasteiger partial charge in [-0.15, -0.1) is 0 Å². The van der Waals surface area contributed by atoms with Crippen LogP contribution in [0.3, 0.4) is 0 Å². The highest BCUT2D eigenvalue weighted by molar-refractivity contribution is 5.91. The van der Waals surface area contributed by atoms with Gasteiger partial charge in [-0.3, -0.25) is 14.9 Å². The standard InChI is InChI=1S/C20H21N3O6/c1-28-18-8-6-16(7-9-18)21-10-12-22(13-11-21)19(24)14-29-20(25)15-2-4-17(5-3-15)23(26)27/h2-9H,10-14H2,1H3. The van der Waals surface area contributed by atoms with Crippen LogP contribution in [0.1, 0.15) is 10.4 Å². The molecule has 1 aliphatic rings. The highest BCUT2D eigenvalue weighted by Gasteiger charge is 2.22. The predicted molar refractivity (Wildman–Crippen MR) is 105 cm³/mol. The van der Waals surface area contributed by atoms with Gasteiger partial charge < -0.3 is 19.3 Å². The second-order valence-corrected chi connectivity index (χ2v) is 6.45. The predicted octanol–water partition coefficient (Wildman–Crippen LogP) is 2.11. The van der Waals surface area contributed by atoms with Gasteiger partial charge in [-0.25, -0.2) is 4.79 Å². The minimum atomic E-state index is -0.690. The molecule has 0 unspecified atom stereocenters. The summed E-state index contributed by atoms with van der Waals surface area (Å²) in [5.41, 5.74) is 1.10. The average Bonchev–Trinajstić information content (AvgIpc) is 2.77. The van der Waals surface area contributed by atoms with E-state index in [1.165, 1.54) is 24.3 Å². The summed E-state index contributed by atoms with van der Waals surface area (Å²) >= 11 is 0. The molecule has 0 bridgehead atoms. The van der Waals surface area contributed by atoms with Crippen molar-refractivity contribution in [1.82, 2.24) is 4.90 Å². The molecule has 0 aromatic heterocycles. The molecule has 2 aromatic rings. The van der Waals surface area contributed by atoms with Crippen molar-refractivity contribution in [2.75, 3.05) is 44.8 Å². The fourth-order valence-electron chi connectivity index (χ4n) is 3.03. The molecule has 9 heteroatoms. The van der Waals surface area contributed by atoms with Crippen LogP contribution in [-0.2, 0) is 9.53 Å². The number of carbonyl (C=O) groups is 2. The third-order valence-electron chi connectivity index (χ3n) is 4.71. The van der Waals surface area contributed by atoms with Crippen LogP contribution in [0.5, 0.6) is 5.75 Å². The lowest BCUT2D eigenvalue weighted by Gasteiger charge is -2.36. The highest BCUT2D eigenvalue weighted by atomic mass is 16.6. The zero-order valence-corrected chi connectivity index (χ0v) is 15.9. The topological polar surface area (TPSA) is 102 Å². The smallest absolute Gasteiger partial charge is 0.338 e. The molecule has 0 aliphatic carbocycles. The molecule has 0 N–H and O–H groups in total. The summed E-state index contributed by atoms with van der Waals surface area (Å²) in [6.45, 7) is 2.04. The molecule has 152 valence electrons. The Bertz CT molecular complexity index is 874. The molecule has 0 radical (unpaired) electrons. The number of benzene rings is 2. The quantitative estimate of drug-likeness (QED) is 0.416. The van der Waals surface area contributed by atoms with Gasteiger partial charge in [-0.1, -0.05) is 0 Å². The number of methoxy groups -OCH3 is 1. The Morgan fingerprint density at radius 3 is 2.17 bits per heavy atom. The molecule has 1 aliphatic heterocycles. The third kappa shape index (κ3) is 5.01. The maximum absolute atomic E-state index is 12.3. The number of ether oxygens (including phenoxy) is 2. The summed E-state index contributed by atoms with van der Waals surface area (Å²) in [4.78, 5) is 38.3. The molecule has 1 heterocycles. The first kappa shape index (κ1) is 20.1. The van der Waals surface area contributed by atoms with Crippen molar-refractivity contribution in [2.45, 2.75) is 0 Å². The maximum atomic E-state index is 12.3. The van der Waals surface area contributed by atoms with Crippen LogP contribution >= 0.6 is 0 Å². The molecular weight excluding hydrogens is 378 g/mol. The van der Waals surface area contributed by atoms with Gasteiger partial charge >= 0.3 is 5.97 Å². The number of amides is 1. The van der Waals surface area contributed by atoms with Gasteiger partial charge in [0.25, 0.3) is 11.6 Å². The molecule has 29 heavy (non-hydrogen) atoms. The number of nitro benzene ring substituents is 1. The molecule has 0 spiro atoms. The van der Waals surface area contributed by atoms with Gasteiger partial charge in [-0.05, 0) is 36.4 Å². The van der Waals surface area contributed by atoms with Gasteiger partial charge in [0.2, 0.25) is 0 Å². The van der Waals surface area contributed by atoms with Gasteiger partial charge in [0.1, 0.15) is 5.75 Å². The van der Waals surface area contributed by atoms with E-state index >= 15 is 0 Å². The number of esters is 1. The summed E-state index contributed by atoms with van der Waals surface area (Å²) < 4.78 is 10.2. The first-order chi connectivity index (χ1) is 14.0. The van der Waals surface area contributed by atoms with Gasteiger partial charge in [-0.2, -0.15) is 0 Å². The average molecular weight is 399 g/mol. The maximum Gasteiger partial charge on any atom is 0.338 e. The highest BCUT2D eigenvalue weighted by Crippen LogP contribution is 2.20. The van der Waals surface area contributed by atoms with E-state index in [2.05, 4.69) is 4.90 Å². The normalized spacial score (nSPS) is 13.7. The number of nitrogens with zero attached hydrogens (tertiary/aromatic N) is 3. The summed E-state index contributed by atoms with van der Waals surface area (Å²) in [7, 11) is 1.62. The van der Waals surface area contributed by atoms with E-state index in [4.69, 9.17) is 9.47 Å². The van der Waals surface area contributed by atoms with Crippen molar-refractivity contribution in [2.24, 2.45) is 0 Å². The number of non-ortho nitro benzene ring substituents is 1. The van der Waals surface area contributed by atoms with E-state index in [0.29, 0.717) is 26.2 Å². The molecule has 1 saturated heterocycles. The molecule has 1 fully saturated rings. The Morgan fingerprint density at radius 1 is 1.00 bits per heavy atom. The van der Waals surface area contributed by atoms with E-state index in [-0.39, 0.29) is 23.8 Å². The van der Waals surface area contributed by atoms with Crippen LogP contribution < -0.4 is 9.64 Å². The molecule has 3 rings (SSSR count). The number of carbonyl (C=O) groups excluding carboxylic acids is 2. The van der Waals surface area contributed by atoms with Crippen molar-refractivity contribution < 1.29 is 24.0 Å². The molecule has 2 aromatic carbocycles. The van der Waals surface area contributed by atoms with Crippen molar-refractivity contribution in [1.29, 1.82) is 0 Å². The number of piperazine rings is 1. The van der Waals surface area contributed by atoms with Crippen molar-refractivity contribution in [3.63, 3.8) is 0 Å². The lowest BCUT2D eigenvalue weighted by molar-refractivity contribution is -0.384. The molecular formula is C20H21N3O6.